The van der Waals surface area contributed by atoms with E-state index in [4.69, 9.17) is 21.4 Å². The molecule has 0 amide bonds. The molecule has 0 fully saturated rings. The third kappa shape index (κ3) is 6.18. The highest BCUT2D eigenvalue weighted by Crippen LogP contribution is 2.31. The second kappa shape index (κ2) is 10.9. The molecule has 2 aromatic rings. The van der Waals surface area contributed by atoms with Crippen LogP contribution in [0.2, 0.25) is 5.02 Å². The fourth-order valence-corrected chi connectivity index (χ4v) is 2.42. The largest absolute Gasteiger partial charge is 0.484 e. The van der Waals surface area contributed by atoms with Gasteiger partial charge in [-0.05, 0) is 18.2 Å². The Balaban J connectivity index is 0.00000312. The fraction of sp³-hybridized carbons (Fsp3) is 0.278. The minimum Gasteiger partial charge on any atom is -0.484 e. The van der Waals surface area contributed by atoms with Gasteiger partial charge < -0.3 is 15.2 Å². The maximum atomic E-state index is 13.5. The number of hydrogen-bond acceptors (Lipinski definition) is 4. The summed E-state index contributed by atoms with van der Waals surface area (Å²) in [7, 11) is 0. The second-order valence-corrected chi connectivity index (χ2v) is 5.56. The second-order valence-electron chi connectivity index (χ2n) is 5.15. The first-order valence-electron chi connectivity index (χ1n) is 7.58. The quantitative estimate of drug-likeness (QED) is 0.678. The van der Waals surface area contributed by atoms with Crippen LogP contribution in [-0.2, 0) is 0 Å². The number of rotatable bonds is 8. The van der Waals surface area contributed by atoms with Gasteiger partial charge in [0, 0.05) is 19.0 Å². The molecule has 2 aromatic carbocycles. The SMILES string of the molecule is Cl.N#Cc1cc(F)c(Cl)cc1O[C@H](CCNCCO)c1ccccc1. The molecule has 0 aromatic heterocycles. The highest BCUT2D eigenvalue weighted by Gasteiger charge is 2.17. The first-order valence-corrected chi connectivity index (χ1v) is 7.96. The molecule has 25 heavy (non-hydrogen) atoms. The van der Waals surface area contributed by atoms with Crippen molar-refractivity contribution in [1.82, 2.24) is 5.32 Å². The molecular formula is C18H19Cl2FN2O2. The Hall–Kier alpha value is -1.84. The molecule has 1 atom stereocenters. The van der Waals surface area contributed by atoms with Crippen molar-refractivity contribution in [3.05, 3.63) is 64.4 Å². The summed E-state index contributed by atoms with van der Waals surface area (Å²) in [6.45, 7) is 1.17. The Morgan fingerprint density at radius 1 is 1.24 bits per heavy atom. The monoisotopic (exact) mass is 384 g/mol. The van der Waals surface area contributed by atoms with Crippen molar-refractivity contribution >= 4 is 24.0 Å². The molecular weight excluding hydrogens is 366 g/mol. The lowest BCUT2D eigenvalue weighted by molar-refractivity contribution is 0.191. The van der Waals surface area contributed by atoms with E-state index in [2.05, 4.69) is 5.32 Å². The third-order valence-corrected chi connectivity index (χ3v) is 3.75. The van der Waals surface area contributed by atoms with Crippen LogP contribution in [0.1, 0.15) is 23.7 Å². The van der Waals surface area contributed by atoms with Gasteiger partial charge in [0.25, 0.3) is 0 Å². The van der Waals surface area contributed by atoms with Gasteiger partial charge in [-0.25, -0.2) is 4.39 Å². The van der Waals surface area contributed by atoms with E-state index in [1.54, 1.807) is 0 Å². The number of halogens is 3. The summed E-state index contributed by atoms with van der Waals surface area (Å²) in [4.78, 5) is 0. The molecule has 0 spiro atoms. The number of nitrogens with zero attached hydrogens (tertiary/aromatic N) is 1. The fourth-order valence-electron chi connectivity index (χ4n) is 2.27. The molecule has 0 heterocycles. The van der Waals surface area contributed by atoms with Gasteiger partial charge >= 0.3 is 0 Å². The number of aliphatic hydroxyl groups is 1. The van der Waals surface area contributed by atoms with Crippen molar-refractivity contribution in [2.24, 2.45) is 0 Å². The van der Waals surface area contributed by atoms with Gasteiger partial charge in [-0.15, -0.1) is 12.4 Å². The van der Waals surface area contributed by atoms with Crippen LogP contribution < -0.4 is 10.1 Å². The first-order chi connectivity index (χ1) is 11.7. The summed E-state index contributed by atoms with van der Waals surface area (Å²) < 4.78 is 19.5. The standard InChI is InChI=1S/C18H18ClFN2O2.ClH/c19-15-11-18(14(12-21)10-16(15)20)24-17(6-7-22-8-9-23)13-4-2-1-3-5-13;/h1-5,10-11,17,22-23H,6-9H2;1H/t17-;/m1./s1. The van der Waals surface area contributed by atoms with Crippen LogP contribution in [-0.4, -0.2) is 24.8 Å². The summed E-state index contributed by atoms with van der Waals surface area (Å²) in [6.07, 6.45) is 0.287. The average Bonchev–Trinajstić information content (AvgIpc) is 2.61. The zero-order chi connectivity index (χ0) is 17.4. The van der Waals surface area contributed by atoms with E-state index in [0.29, 0.717) is 19.5 Å². The Labute approximate surface area is 157 Å². The predicted octanol–water partition coefficient (Wildman–Crippen LogP) is 3.86. The summed E-state index contributed by atoms with van der Waals surface area (Å²) in [6, 6.07) is 13.9. The number of hydrogen-bond donors (Lipinski definition) is 2. The molecule has 0 saturated heterocycles. The van der Waals surface area contributed by atoms with Crippen molar-refractivity contribution in [3.63, 3.8) is 0 Å². The van der Waals surface area contributed by atoms with E-state index < -0.39 is 5.82 Å². The Morgan fingerprint density at radius 3 is 2.60 bits per heavy atom. The van der Waals surface area contributed by atoms with E-state index in [9.17, 15) is 9.65 Å². The van der Waals surface area contributed by atoms with Crippen LogP contribution in [0.15, 0.2) is 42.5 Å². The molecule has 0 radical (unpaired) electrons. The van der Waals surface area contributed by atoms with Gasteiger partial charge in [-0.3, -0.25) is 0 Å². The summed E-state index contributed by atoms with van der Waals surface area (Å²) in [5, 5.41) is 21.0. The van der Waals surface area contributed by atoms with E-state index in [-0.39, 0.29) is 41.5 Å². The van der Waals surface area contributed by atoms with Crippen LogP contribution in [0.3, 0.4) is 0 Å². The molecule has 134 valence electrons. The first kappa shape index (κ1) is 21.2. The smallest absolute Gasteiger partial charge is 0.143 e. The third-order valence-electron chi connectivity index (χ3n) is 3.46. The average molecular weight is 385 g/mol. The molecule has 4 nitrogen and oxygen atoms in total. The number of ether oxygens (including phenoxy) is 1. The molecule has 7 heteroatoms. The van der Waals surface area contributed by atoms with Crippen LogP contribution in [0.4, 0.5) is 4.39 Å². The summed E-state index contributed by atoms with van der Waals surface area (Å²) in [5.74, 6) is -0.402. The highest BCUT2D eigenvalue weighted by atomic mass is 35.5. The van der Waals surface area contributed by atoms with Crippen molar-refractivity contribution in [2.45, 2.75) is 12.5 Å². The van der Waals surface area contributed by atoms with E-state index >= 15 is 0 Å². The predicted molar refractivity (Wildman–Crippen MR) is 97.8 cm³/mol. The molecule has 0 bridgehead atoms. The molecule has 0 saturated carbocycles. The lowest BCUT2D eigenvalue weighted by Crippen LogP contribution is -2.22. The number of nitrogens with one attached hydrogen (secondary N) is 1. The molecule has 0 aliphatic rings. The Morgan fingerprint density at radius 2 is 1.96 bits per heavy atom. The Kier molecular flexibility index (Phi) is 9.25. The maximum Gasteiger partial charge on any atom is 0.143 e. The van der Waals surface area contributed by atoms with Gasteiger partial charge in [-0.2, -0.15) is 5.26 Å². The van der Waals surface area contributed by atoms with Crippen molar-refractivity contribution in [3.8, 4) is 11.8 Å². The highest BCUT2D eigenvalue weighted by molar-refractivity contribution is 6.30. The van der Waals surface area contributed by atoms with E-state index in [1.807, 2.05) is 36.4 Å². The van der Waals surface area contributed by atoms with Gasteiger partial charge in [0.05, 0.1) is 17.2 Å². The van der Waals surface area contributed by atoms with E-state index in [0.717, 1.165) is 11.6 Å². The number of nitriles is 1. The zero-order valence-electron chi connectivity index (χ0n) is 13.4. The number of benzene rings is 2. The van der Waals surface area contributed by atoms with Crippen LogP contribution in [0.25, 0.3) is 0 Å². The molecule has 0 unspecified atom stereocenters. The lowest BCUT2D eigenvalue weighted by atomic mass is 10.1. The zero-order valence-corrected chi connectivity index (χ0v) is 15.0. The molecule has 2 rings (SSSR count). The van der Waals surface area contributed by atoms with Gasteiger partial charge in [0.1, 0.15) is 23.7 Å². The minimum absolute atomic E-state index is 0. The normalized spacial score (nSPS) is 11.3. The number of aliphatic hydroxyl groups excluding tert-OH is 1. The van der Waals surface area contributed by atoms with Crippen molar-refractivity contribution in [2.75, 3.05) is 19.7 Å². The van der Waals surface area contributed by atoms with Crippen molar-refractivity contribution < 1.29 is 14.2 Å². The summed E-state index contributed by atoms with van der Waals surface area (Å²) in [5.41, 5.74) is 1.04. The van der Waals surface area contributed by atoms with Gasteiger partial charge in [0.15, 0.2) is 0 Å². The molecule has 2 N–H and O–H groups in total. The van der Waals surface area contributed by atoms with Crippen LogP contribution in [0, 0.1) is 17.1 Å². The van der Waals surface area contributed by atoms with Gasteiger partial charge in [0.2, 0.25) is 0 Å². The molecule has 0 aliphatic carbocycles. The van der Waals surface area contributed by atoms with Crippen LogP contribution >= 0.6 is 24.0 Å². The van der Waals surface area contributed by atoms with E-state index in [1.165, 1.54) is 6.07 Å². The topological polar surface area (TPSA) is 65.3 Å². The minimum atomic E-state index is -0.651. The molecule has 0 aliphatic heterocycles. The summed E-state index contributed by atoms with van der Waals surface area (Å²) >= 11 is 5.81. The lowest BCUT2D eigenvalue weighted by Gasteiger charge is -2.21. The van der Waals surface area contributed by atoms with Crippen molar-refractivity contribution in [1.29, 1.82) is 5.26 Å². The van der Waals surface area contributed by atoms with Gasteiger partial charge in [-0.1, -0.05) is 41.9 Å². The Bertz CT molecular complexity index is 708. The maximum absolute atomic E-state index is 13.5. The van der Waals surface area contributed by atoms with Crippen LogP contribution in [0.5, 0.6) is 5.75 Å².